The van der Waals surface area contributed by atoms with Gasteiger partial charge in [0.1, 0.15) is 0 Å². The molecule has 0 amide bonds. The van der Waals surface area contributed by atoms with E-state index in [2.05, 4.69) is 5.32 Å². The molecule has 1 aliphatic rings. The Morgan fingerprint density at radius 1 is 1.00 bits per heavy atom. The second kappa shape index (κ2) is 4.82. The van der Waals surface area contributed by atoms with Gasteiger partial charge in [-0.25, -0.2) is 0 Å². The van der Waals surface area contributed by atoms with Crippen LogP contribution in [-0.4, -0.2) is 6.04 Å². The second-order valence-corrected chi connectivity index (χ2v) is 5.12. The second-order valence-electron chi connectivity index (χ2n) is 3.87. The normalized spacial score (nSPS) is 17.0. The number of anilines is 1. The first-order valence-corrected chi connectivity index (χ1v) is 6.21. The van der Waals surface area contributed by atoms with Crippen molar-refractivity contribution in [3.63, 3.8) is 0 Å². The summed E-state index contributed by atoms with van der Waals surface area (Å²) in [5.74, 6) is 0. The standard InChI is InChI=1S/C11H12Cl3N/c12-7-5-9(13)11(10(14)6-7)15-8-3-1-2-4-8/h5-6,8,15H,1-4H2. The zero-order chi connectivity index (χ0) is 10.8. The Labute approximate surface area is 105 Å². The van der Waals surface area contributed by atoms with Crippen LogP contribution in [0.15, 0.2) is 12.1 Å². The van der Waals surface area contributed by atoms with E-state index >= 15 is 0 Å². The third-order valence-corrected chi connectivity index (χ3v) is 3.52. The summed E-state index contributed by atoms with van der Waals surface area (Å²) in [7, 11) is 0. The van der Waals surface area contributed by atoms with Crippen molar-refractivity contribution in [2.75, 3.05) is 5.32 Å². The van der Waals surface area contributed by atoms with Crippen molar-refractivity contribution in [2.45, 2.75) is 31.7 Å². The lowest BCUT2D eigenvalue weighted by atomic mass is 10.2. The molecule has 1 nitrogen and oxygen atoms in total. The fraction of sp³-hybridized carbons (Fsp3) is 0.455. The molecule has 82 valence electrons. The van der Waals surface area contributed by atoms with Crippen molar-refractivity contribution >= 4 is 40.5 Å². The first-order chi connectivity index (χ1) is 7.16. The third kappa shape index (κ3) is 2.72. The van der Waals surface area contributed by atoms with E-state index in [0.717, 1.165) is 5.69 Å². The smallest absolute Gasteiger partial charge is 0.0722 e. The molecule has 1 aliphatic carbocycles. The summed E-state index contributed by atoms with van der Waals surface area (Å²) in [6.45, 7) is 0. The number of nitrogens with one attached hydrogen (secondary N) is 1. The molecule has 0 aromatic heterocycles. The van der Waals surface area contributed by atoms with Crippen molar-refractivity contribution in [2.24, 2.45) is 0 Å². The van der Waals surface area contributed by atoms with Gasteiger partial charge in [0, 0.05) is 11.1 Å². The predicted molar refractivity (Wildman–Crippen MR) is 67.4 cm³/mol. The van der Waals surface area contributed by atoms with Gasteiger partial charge in [0.2, 0.25) is 0 Å². The Kier molecular flexibility index (Phi) is 3.65. The van der Waals surface area contributed by atoms with Crippen LogP contribution < -0.4 is 5.32 Å². The van der Waals surface area contributed by atoms with Crippen molar-refractivity contribution in [1.82, 2.24) is 0 Å². The van der Waals surface area contributed by atoms with Gasteiger partial charge in [-0.05, 0) is 25.0 Å². The lowest BCUT2D eigenvalue weighted by Gasteiger charge is -2.16. The molecule has 0 saturated heterocycles. The maximum atomic E-state index is 6.08. The summed E-state index contributed by atoms with van der Waals surface area (Å²) < 4.78 is 0. The molecule has 0 aliphatic heterocycles. The lowest BCUT2D eigenvalue weighted by molar-refractivity contribution is 0.755. The molecule has 0 bridgehead atoms. The summed E-state index contributed by atoms with van der Waals surface area (Å²) in [4.78, 5) is 0. The minimum atomic E-state index is 0.501. The predicted octanol–water partition coefficient (Wildman–Crippen LogP) is 5.00. The summed E-state index contributed by atoms with van der Waals surface area (Å²) in [6, 6.07) is 3.93. The molecular weight excluding hydrogens is 252 g/mol. The van der Waals surface area contributed by atoms with E-state index in [0.29, 0.717) is 21.1 Å². The molecule has 1 aromatic rings. The van der Waals surface area contributed by atoms with Gasteiger partial charge in [0.15, 0.2) is 0 Å². The highest BCUT2D eigenvalue weighted by Crippen LogP contribution is 2.35. The van der Waals surface area contributed by atoms with Crippen molar-refractivity contribution < 1.29 is 0 Å². The number of hydrogen-bond donors (Lipinski definition) is 1. The molecule has 2 rings (SSSR count). The Morgan fingerprint density at radius 3 is 2.07 bits per heavy atom. The summed E-state index contributed by atoms with van der Waals surface area (Å²) in [6.07, 6.45) is 4.94. The van der Waals surface area contributed by atoms with Gasteiger partial charge < -0.3 is 5.32 Å². The number of hydrogen-bond acceptors (Lipinski definition) is 1. The van der Waals surface area contributed by atoms with Crippen molar-refractivity contribution in [3.8, 4) is 0 Å². The molecule has 1 N–H and O–H groups in total. The fourth-order valence-electron chi connectivity index (χ4n) is 1.95. The first-order valence-electron chi connectivity index (χ1n) is 5.08. The molecule has 1 fully saturated rings. The van der Waals surface area contributed by atoms with Crippen LogP contribution in [0.1, 0.15) is 25.7 Å². The van der Waals surface area contributed by atoms with Gasteiger partial charge in [-0.2, -0.15) is 0 Å². The molecule has 15 heavy (non-hydrogen) atoms. The van der Waals surface area contributed by atoms with E-state index in [9.17, 15) is 0 Å². The Morgan fingerprint density at radius 2 is 1.53 bits per heavy atom. The third-order valence-electron chi connectivity index (χ3n) is 2.71. The monoisotopic (exact) mass is 263 g/mol. The summed E-state index contributed by atoms with van der Waals surface area (Å²) >= 11 is 18.0. The van der Waals surface area contributed by atoms with E-state index in [4.69, 9.17) is 34.8 Å². The zero-order valence-electron chi connectivity index (χ0n) is 8.19. The highest BCUT2D eigenvalue weighted by molar-refractivity contribution is 6.41. The molecule has 1 saturated carbocycles. The maximum Gasteiger partial charge on any atom is 0.0722 e. The molecule has 0 spiro atoms. The summed E-state index contributed by atoms with van der Waals surface area (Å²) in [5.41, 5.74) is 0.814. The minimum absolute atomic E-state index is 0.501. The highest BCUT2D eigenvalue weighted by Gasteiger charge is 2.17. The first kappa shape index (κ1) is 11.4. The molecule has 0 unspecified atom stereocenters. The fourth-order valence-corrected chi connectivity index (χ4v) is 2.88. The highest BCUT2D eigenvalue weighted by atomic mass is 35.5. The molecule has 1 aromatic carbocycles. The van der Waals surface area contributed by atoms with Crippen LogP contribution >= 0.6 is 34.8 Å². The van der Waals surface area contributed by atoms with Gasteiger partial charge in [-0.1, -0.05) is 47.6 Å². The van der Waals surface area contributed by atoms with Gasteiger partial charge in [-0.15, -0.1) is 0 Å². The van der Waals surface area contributed by atoms with E-state index < -0.39 is 0 Å². The van der Waals surface area contributed by atoms with Crippen molar-refractivity contribution in [3.05, 3.63) is 27.2 Å². The van der Waals surface area contributed by atoms with E-state index in [1.165, 1.54) is 25.7 Å². The van der Waals surface area contributed by atoms with Crippen molar-refractivity contribution in [1.29, 1.82) is 0 Å². The van der Waals surface area contributed by atoms with E-state index in [1.807, 2.05) is 0 Å². The molecule has 0 atom stereocenters. The van der Waals surface area contributed by atoms with Gasteiger partial charge in [-0.3, -0.25) is 0 Å². The Hall–Kier alpha value is -0.110. The largest absolute Gasteiger partial charge is 0.380 e. The van der Waals surface area contributed by atoms with Crippen LogP contribution in [0.25, 0.3) is 0 Å². The SMILES string of the molecule is Clc1cc(Cl)c(NC2CCCC2)c(Cl)c1. The quantitative estimate of drug-likeness (QED) is 0.792. The van der Waals surface area contributed by atoms with Crippen LogP contribution in [0.3, 0.4) is 0 Å². The Balaban J connectivity index is 2.19. The van der Waals surface area contributed by atoms with Crippen LogP contribution in [0, 0.1) is 0 Å². The molecular formula is C11H12Cl3N. The minimum Gasteiger partial charge on any atom is -0.380 e. The average Bonchev–Trinajstić information content (AvgIpc) is 2.63. The number of benzene rings is 1. The average molecular weight is 265 g/mol. The van der Waals surface area contributed by atoms with E-state index in [1.54, 1.807) is 12.1 Å². The van der Waals surface area contributed by atoms with Crippen LogP contribution in [0.2, 0.25) is 15.1 Å². The van der Waals surface area contributed by atoms with Gasteiger partial charge in [0.05, 0.1) is 15.7 Å². The van der Waals surface area contributed by atoms with Gasteiger partial charge in [0.25, 0.3) is 0 Å². The number of rotatable bonds is 2. The van der Waals surface area contributed by atoms with Gasteiger partial charge >= 0.3 is 0 Å². The van der Waals surface area contributed by atoms with Crippen LogP contribution in [-0.2, 0) is 0 Å². The zero-order valence-corrected chi connectivity index (χ0v) is 10.5. The number of halogens is 3. The summed E-state index contributed by atoms with van der Waals surface area (Å²) in [5, 5.41) is 5.15. The van der Waals surface area contributed by atoms with Crippen LogP contribution in [0.5, 0.6) is 0 Å². The Bertz CT molecular complexity index is 336. The topological polar surface area (TPSA) is 12.0 Å². The molecule has 4 heteroatoms. The lowest BCUT2D eigenvalue weighted by Crippen LogP contribution is -2.15. The molecule has 0 heterocycles. The van der Waals surface area contributed by atoms with Crippen LogP contribution in [0.4, 0.5) is 5.69 Å². The maximum absolute atomic E-state index is 6.08. The molecule has 0 radical (unpaired) electrons. The van der Waals surface area contributed by atoms with E-state index in [-0.39, 0.29) is 0 Å².